The number of thiazole rings is 1. The molecular formula is C21H17N7O2S. The molecule has 0 saturated heterocycles. The van der Waals surface area contributed by atoms with E-state index in [4.69, 9.17) is 15.1 Å². The number of nitrogens with two attached hydrogens (primary N) is 1. The largest absolute Gasteiger partial charge is 0.402 e. The second kappa shape index (κ2) is 7.65. The zero-order chi connectivity index (χ0) is 21.4. The SMILES string of the molecule is Cc1nc(-c2nnc(NC3N=C(c4ccccc4)c4ccccc4NC3=O)o2)c(N)s1. The van der Waals surface area contributed by atoms with E-state index < -0.39 is 6.17 Å². The first-order valence-corrected chi connectivity index (χ1v) is 10.3. The molecule has 3 heterocycles. The summed E-state index contributed by atoms with van der Waals surface area (Å²) in [6.07, 6.45) is -0.981. The Kier molecular flexibility index (Phi) is 4.68. The quantitative estimate of drug-likeness (QED) is 0.452. The second-order valence-electron chi connectivity index (χ2n) is 6.78. The number of aliphatic imine (C=N–C) groups is 1. The van der Waals surface area contributed by atoms with Crippen molar-refractivity contribution in [2.45, 2.75) is 13.1 Å². The minimum Gasteiger partial charge on any atom is -0.402 e. The molecule has 1 amide bonds. The fraction of sp³-hybridized carbons (Fsp3) is 0.0952. The van der Waals surface area contributed by atoms with Crippen LogP contribution in [-0.2, 0) is 4.79 Å². The van der Waals surface area contributed by atoms with Crippen LogP contribution >= 0.6 is 11.3 Å². The molecule has 1 aliphatic rings. The lowest BCUT2D eigenvalue weighted by molar-refractivity contribution is -0.116. The Morgan fingerprint density at radius 1 is 1.10 bits per heavy atom. The van der Waals surface area contributed by atoms with Crippen molar-refractivity contribution < 1.29 is 9.21 Å². The molecule has 0 spiro atoms. The van der Waals surface area contributed by atoms with Crippen LogP contribution in [0.5, 0.6) is 0 Å². The average Bonchev–Trinajstić information content (AvgIpc) is 3.33. The zero-order valence-electron chi connectivity index (χ0n) is 16.4. The topological polar surface area (TPSA) is 131 Å². The average molecular weight is 431 g/mol. The lowest BCUT2D eigenvalue weighted by Gasteiger charge is -2.11. The van der Waals surface area contributed by atoms with Crippen molar-refractivity contribution in [2.75, 3.05) is 16.4 Å². The van der Waals surface area contributed by atoms with Crippen molar-refractivity contribution >= 4 is 39.7 Å². The molecule has 0 saturated carbocycles. The summed E-state index contributed by atoms with van der Waals surface area (Å²) in [4.78, 5) is 21.9. The molecule has 5 rings (SSSR count). The summed E-state index contributed by atoms with van der Waals surface area (Å²) in [6, 6.07) is 17.2. The van der Waals surface area contributed by atoms with Gasteiger partial charge in [0.05, 0.1) is 16.4 Å². The molecule has 4 aromatic rings. The molecule has 9 nitrogen and oxygen atoms in total. The molecule has 10 heteroatoms. The summed E-state index contributed by atoms with van der Waals surface area (Å²) in [5, 5.41) is 15.1. The number of carbonyl (C=O) groups is 1. The number of hydrogen-bond acceptors (Lipinski definition) is 9. The van der Waals surface area contributed by atoms with E-state index in [9.17, 15) is 4.79 Å². The van der Waals surface area contributed by atoms with Gasteiger partial charge in [0.15, 0.2) is 5.69 Å². The van der Waals surface area contributed by atoms with Crippen molar-refractivity contribution in [1.29, 1.82) is 0 Å². The maximum atomic E-state index is 12.9. The Balaban J connectivity index is 1.51. The number of fused-ring (bicyclic) bond motifs is 1. The molecule has 1 unspecified atom stereocenters. The smallest absolute Gasteiger partial charge is 0.317 e. The third-order valence-electron chi connectivity index (χ3n) is 4.64. The normalized spacial score (nSPS) is 15.6. The van der Waals surface area contributed by atoms with E-state index >= 15 is 0 Å². The molecule has 4 N–H and O–H groups in total. The standard InChI is InChI=1S/C21H17N7O2S/c1-11-23-16(17(22)31-11)20-27-28-21(30-20)26-18-19(29)24-14-10-6-5-9-13(14)15(25-18)12-7-3-2-4-8-12/h2-10,18H,22H2,1H3,(H,24,29)(H,26,28). The number of benzodiazepines with no additional fused rings is 1. The van der Waals surface area contributed by atoms with Crippen LogP contribution in [0.4, 0.5) is 16.7 Å². The molecule has 0 fully saturated rings. The fourth-order valence-electron chi connectivity index (χ4n) is 3.27. The van der Waals surface area contributed by atoms with E-state index in [0.717, 1.165) is 16.1 Å². The second-order valence-corrected chi connectivity index (χ2v) is 8.02. The summed E-state index contributed by atoms with van der Waals surface area (Å²) < 4.78 is 5.66. The number of aryl methyl sites for hydroxylation is 1. The lowest BCUT2D eigenvalue weighted by atomic mass is 10.0. The predicted molar refractivity (Wildman–Crippen MR) is 119 cm³/mol. The van der Waals surface area contributed by atoms with Crippen LogP contribution in [0.3, 0.4) is 0 Å². The first-order valence-electron chi connectivity index (χ1n) is 9.45. The highest BCUT2D eigenvalue weighted by Crippen LogP contribution is 2.30. The van der Waals surface area contributed by atoms with E-state index in [1.54, 1.807) is 0 Å². The van der Waals surface area contributed by atoms with Gasteiger partial charge in [-0.3, -0.25) is 4.79 Å². The Morgan fingerprint density at radius 3 is 2.65 bits per heavy atom. The minimum atomic E-state index is -0.981. The first kappa shape index (κ1) is 18.9. The number of carbonyl (C=O) groups excluding carboxylic acids is 1. The summed E-state index contributed by atoms with van der Waals surface area (Å²) >= 11 is 1.34. The van der Waals surface area contributed by atoms with Crippen LogP contribution in [0, 0.1) is 6.92 Å². The highest BCUT2D eigenvalue weighted by Gasteiger charge is 2.27. The van der Waals surface area contributed by atoms with Gasteiger partial charge in [0, 0.05) is 11.1 Å². The maximum Gasteiger partial charge on any atom is 0.317 e. The number of para-hydroxylation sites is 1. The number of aromatic nitrogens is 3. The van der Waals surface area contributed by atoms with Crippen molar-refractivity contribution in [3.8, 4) is 11.6 Å². The molecular weight excluding hydrogens is 414 g/mol. The zero-order valence-corrected chi connectivity index (χ0v) is 17.2. The minimum absolute atomic E-state index is 0.0438. The van der Waals surface area contributed by atoms with Gasteiger partial charge in [0.2, 0.25) is 6.17 Å². The van der Waals surface area contributed by atoms with Crippen LogP contribution in [0.15, 0.2) is 64.0 Å². The van der Waals surface area contributed by atoms with Crippen LogP contribution < -0.4 is 16.4 Å². The van der Waals surface area contributed by atoms with Crippen LogP contribution in [0.2, 0.25) is 0 Å². The first-order chi connectivity index (χ1) is 15.1. The Hall–Kier alpha value is -4.05. The van der Waals surface area contributed by atoms with Gasteiger partial charge in [-0.15, -0.1) is 16.4 Å². The Labute approximate surface area is 181 Å². The van der Waals surface area contributed by atoms with Gasteiger partial charge >= 0.3 is 6.01 Å². The highest BCUT2D eigenvalue weighted by molar-refractivity contribution is 7.16. The number of anilines is 3. The molecule has 1 atom stereocenters. The monoisotopic (exact) mass is 431 g/mol. The number of hydrogen-bond donors (Lipinski definition) is 3. The molecule has 31 heavy (non-hydrogen) atoms. The van der Waals surface area contributed by atoms with E-state index in [2.05, 4.69) is 25.8 Å². The number of nitrogens with one attached hydrogen (secondary N) is 2. The van der Waals surface area contributed by atoms with Gasteiger partial charge in [-0.05, 0) is 13.0 Å². The van der Waals surface area contributed by atoms with Gasteiger partial charge in [0.1, 0.15) is 5.00 Å². The van der Waals surface area contributed by atoms with Gasteiger partial charge in [-0.25, -0.2) is 9.98 Å². The van der Waals surface area contributed by atoms with Crippen molar-refractivity contribution in [3.63, 3.8) is 0 Å². The molecule has 2 aromatic carbocycles. The van der Waals surface area contributed by atoms with Crippen LogP contribution in [0.1, 0.15) is 16.1 Å². The molecule has 154 valence electrons. The molecule has 0 radical (unpaired) electrons. The summed E-state index contributed by atoms with van der Waals surface area (Å²) in [5.41, 5.74) is 9.44. The summed E-state index contributed by atoms with van der Waals surface area (Å²) in [7, 11) is 0. The van der Waals surface area contributed by atoms with Gasteiger partial charge in [-0.1, -0.05) is 53.6 Å². The van der Waals surface area contributed by atoms with E-state index in [-0.39, 0.29) is 17.8 Å². The molecule has 0 aliphatic carbocycles. The number of nitrogens with zero attached hydrogens (tertiary/aromatic N) is 4. The Morgan fingerprint density at radius 2 is 1.87 bits per heavy atom. The van der Waals surface area contributed by atoms with Crippen molar-refractivity contribution in [1.82, 2.24) is 15.2 Å². The van der Waals surface area contributed by atoms with Crippen molar-refractivity contribution in [2.24, 2.45) is 4.99 Å². The van der Waals surface area contributed by atoms with Crippen LogP contribution in [-0.4, -0.2) is 33.0 Å². The van der Waals surface area contributed by atoms with E-state index in [0.29, 0.717) is 22.1 Å². The van der Waals surface area contributed by atoms with E-state index in [1.807, 2.05) is 61.5 Å². The number of rotatable bonds is 4. The predicted octanol–water partition coefficient (Wildman–Crippen LogP) is 3.31. The summed E-state index contributed by atoms with van der Waals surface area (Å²) in [5.74, 6) is -0.170. The van der Waals surface area contributed by atoms with Gasteiger partial charge < -0.3 is 20.8 Å². The maximum absolute atomic E-state index is 12.9. The fourth-order valence-corrected chi connectivity index (χ4v) is 3.96. The Bertz CT molecular complexity index is 1300. The lowest BCUT2D eigenvalue weighted by Crippen LogP contribution is -2.32. The summed E-state index contributed by atoms with van der Waals surface area (Å²) in [6.45, 7) is 1.84. The highest BCUT2D eigenvalue weighted by atomic mass is 32.1. The number of amides is 1. The van der Waals surface area contributed by atoms with Gasteiger partial charge in [-0.2, -0.15) is 0 Å². The van der Waals surface area contributed by atoms with Crippen LogP contribution in [0.25, 0.3) is 11.6 Å². The third-order valence-corrected chi connectivity index (χ3v) is 5.44. The van der Waals surface area contributed by atoms with Gasteiger partial charge in [0.25, 0.3) is 11.8 Å². The molecule has 1 aliphatic heterocycles. The van der Waals surface area contributed by atoms with E-state index in [1.165, 1.54) is 11.3 Å². The van der Waals surface area contributed by atoms with Crippen molar-refractivity contribution in [3.05, 3.63) is 70.7 Å². The molecule has 0 bridgehead atoms. The molecule has 2 aromatic heterocycles. The number of benzene rings is 2. The third kappa shape index (κ3) is 3.64. The number of nitrogen functional groups attached to an aromatic ring is 1.